The van der Waals surface area contributed by atoms with Crippen molar-refractivity contribution in [3.63, 3.8) is 0 Å². The minimum atomic E-state index is 0.279. The fourth-order valence-electron chi connectivity index (χ4n) is 2.51. The molecule has 0 spiro atoms. The second kappa shape index (κ2) is 4.05. The van der Waals surface area contributed by atoms with Crippen LogP contribution in [0.4, 0.5) is 0 Å². The molecular weight excluding hydrogens is 224 g/mol. The van der Waals surface area contributed by atoms with Crippen LogP contribution >= 0.6 is 0 Å². The maximum Gasteiger partial charge on any atom is 0.137 e. The van der Waals surface area contributed by atoms with Crippen molar-refractivity contribution in [3.8, 4) is 17.1 Å². The third-order valence-electron chi connectivity index (χ3n) is 3.57. The molecule has 1 N–H and O–H groups in total. The third kappa shape index (κ3) is 1.65. The van der Waals surface area contributed by atoms with E-state index in [9.17, 15) is 5.11 Å². The molecule has 18 heavy (non-hydrogen) atoms. The molecule has 1 unspecified atom stereocenters. The molecule has 0 saturated carbocycles. The molecule has 0 fully saturated rings. The van der Waals surface area contributed by atoms with E-state index < -0.39 is 0 Å². The first-order valence-corrected chi connectivity index (χ1v) is 6.26. The smallest absolute Gasteiger partial charge is 0.137 e. The molecule has 2 nitrogen and oxygen atoms in total. The number of phenolic OH excluding ortho intramolecular Hbond substituents is 1. The van der Waals surface area contributed by atoms with E-state index in [0.717, 1.165) is 23.5 Å². The molecule has 1 aromatic heterocycles. The number of rotatable bonds is 1. The first-order chi connectivity index (χ1) is 8.66. The van der Waals surface area contributed by atoms with E-state index >= 15 is 0 Å². The van der Waals surface area contributed by atoms with Gasteiger partial charge in [0.2, 0.25) is 0 Å². The number of aromatic hydroxyl groups is 1. The number of hydrogen-bond acceptors (Lipinski definition) is 2. The van der Waals surface area contributed by atoms with E-state index in [0.29, 0.717) is 5.92 Å². The standard InChI is InChI=1S/C16H16O2/c1-10-4-3-5-14-11(2)16(18-15(10)14)12-6-8-13(17)9-7-12/h3,5-10,17H,4H2,1-2H3. The molecule has 0 amide bonds. The predicted octanol–water partition coefficient (Wildman–Crippen LogP) is 4.48. The SMILES string of the molecule is Cc1c(-c2ccc(O)cc2)oc2c1C=CCC2C. The molecule has 0 saturated heterocycles. The van der Waals surface area contributed by atoms with Gasteiger partial charge in [-0.05, 0) is 37.6 Å². The van der Waals surface area contributed by atoms with E-state index in [1.807, 2.05) is 12.1 Å². The number of hydrogen-bond donors (Lipinski definition) is 1. The van der Waals surface area contributed by atoms with Gasteiger partial charge in [0.15, 0.2) is 0 Å². The van der Waals surface area contributed by atoms with Crippen LogP contribution in [-0.4, -0.2) is 5.11 Å². The molecule has 0 bridgehead atoms. The van der Waals surface area contributed by atoms with Gasteiger partial charge < -0.3 is 9.52 Å². The summed E-state index contributed by atoms with van der Waals surface area (Å²) in [5.74, 6) is 2.71. The summed E-state index contributed by atoms with van der Waals surface area (Å²) in [6.45, 7) is 4.28. The van der Waals surface area contributed by atoms with Crippen LogP contribution in [0.25, 0.3) is 17.4 Å². The Kier molecular flexibility index (Phi) is 2.51. The highest BCUT2D eigenvalue weighted by molar-refractivity contribution is 5.71. The zero-order valence-corrected chi connectivity index (χ0v) is 10.6. The van der Waals surface area contributed by atoms with Crippen molar-refractivity contribution in [2.75, 3.05) is 0 Å². The summed E-state index contributed by atoms with van der Waals surface area (Å²) in [6, 6.07) is 7.16. The number of phenols is 1. The van der Waals surface area contributed by atoms with Gasteiger partial charge in [-0.2, -0.15) is 0 Å². The topological polar surface area (TPSA) is 33.4 Å². The average Bonchev–Trinajstić information content (AvgIpc) is 2.70. The first-order valence-electron chi connectivity index (χ1n) is 6.26. The summed E-state index contributed by atoms with van der Waals surface area (Å²) in [6.07, 6.45) is 5.39. The van der Waals surface area contributed by atoms with Crippen molar-refractivity contribution < 1.29 is 9.52 Å². The Labute approximate surface area is 107 Å². The molecule has 3 rings (SSSR count). The largest absolute Gasteiger partial charge is 0.508 e. The molecule has 1 aromatic carbocycles. The van der Waals surface area contributed by atoms with E-state index in [2.05, 4.69) is 26.0 Å². The van der Waals surface area contributed by atoms with Crippen molar-refractivity contribution in [2.45, 2.75) is 26.2 Å². The summed E-state index contributed by atoms with van der Waals surface area (Å²) in [5, 5.41) is 9.34. The Morgan fingerprint density at radius 2 is 1.94 bits per heavy atom. The minimum Gasteiger partial charge on any atom is -0.508 e. The van der Waals surface area contributed by atoms with Crippen LogP contribution in [-0.2, 0) is 0 Å². The molecule has 1 aliphatic carbocycles. The Morgan fingerprint density at radius 3 is 2.61 bits per heavy atom. The highest BCUT2D eigenvalue weighted by Crippen LogP contribution is 2.39. The summed E-state index contributed by atoms with van der Waals surface area (Å²) >= 11 is 0. The van der Waals surface area contributed by atoms with Gasteiger partial charge in [0.1, 0.15) is 17.3 Å². The molecule has 0 radical (unpaired) electrons. The lowest BCUT2D eigenvalue weighted by Gasteiger charge is -2.11. The van der Waals surface area contributed by atoms with Gasteiger partial charge in [-0.1, -0.05) is 19.1 Å². The van der Waals surface area contributed by atoms with E-state index in [1.165, 1.54) is 11.1 Å². The van der Waals surface area contributed by atoms with Gasteiger partial charge in [-0.15, -0.1) is 0 Å². The summed E-state index contributed by atoms with van der Waals surface area (Å²) in [5.41, 5.74) is 3.41. The second-order valence-corrected chi connectivity index (χ2v) is 4.92. The van der Waals surface area contributed by atoms with Crippen LogP contribution in [0.3, 0.4) is 0 Å². The van der Waals surface area contributed by atoms with Gasteiger partial charge in [-0.3, -0.25) is 0 Å². The molecule has 0 aliphatic heterocycles. The molecule has 1 atom stereocenters. The van der Waals surface area contributed by atoms with Gasteiger partial charge in [-0.25, -0.2) is 0 Å². The Hall–Kier alpha value is -1.96. The third-order valence-corrected chi connectivity index (χ3v) is 3.57. The van der Waals surface area contributed by atoms with Crippen molar-refractivity contribution >= 4 is 6.08 Å². The lowest BCUT2D eigenvalue weighted by atomic mass is 9.93. The normalized spacial score (nSPS) is 17.8. The Bertz CT molecular complexity index is 603. The molecular formula is C16H16O2. The van der Waals surface area contributed by atoms with Crippen LogP contribution in [0.1, 0.15) is 36.1 Å². The van der Waals surface area contributed by atoms with Crippen LogP contribution in [0.15, 0.2) is 34.8 Å². The summed E-state index contributed by atoms with van der Waals surface area (Å²) in [7, 11) is 0. The fourth-order valence-corrected chi connectivity index (χ4v) is 2.51. The maximum atomic E-state index is 9.34. The zero-order chi connectivity index (χ0) is 12.7. The van der Waals surface area contributed by atoms with Crippen LogP contribution in [0, 0.1) is 6.92 Å². The van der Waals surface area contributed by atoms with E-state index in [-0.39, 0.29) is 5.75 Å². The van der Waals surface area contributed by atoms with Crippen LogP contribution in [0.2, 0.25) is 0 Å². The average molecular weight is 240 g/mol. The van der Waals surface area contributed by atoms with Gasteiger partial charge in [0, 0.05) is 22.6 Å². The lowest BCUT2D eigenvalue weighted by Crippen LogP contribution is -1.96. The molecule has 2 aromatic rings. The van der Waals surface area contributed by atoms with Crippen molar-refractivity contribution in [2.24, 2.45) is 0 Å². The number of fused-ring (bicyclic) bond motifs is 1. The maximum absolute atomic E-state index is 9.34. The van der Waals surface area contributed by atoms with Crippen molar-refractivity contribution in [1.29, 1.82) is 0 Å². The van der Waals surface area contributed by atoms with Crippen molar-refractivity contribution in [3.05, 3.63) is 47.2 Å². The second-order valence-electron chi connectivity index (χ2n) is 4.92. The minimum absolute atomic E-state index is 0.279. The van der Waals surface area contributed by atoms with E-state index in [4.69, 9.17) is 4.42 Å². The molecule has 1 aliphatic rings. The zero-order valence-electron chi connectivity index (χ0n) is 10.6. The number of furan rings is 1. The highest BCUT2D eigenvalue weighted by atomic mass is 16.3. The molecule has 1 heterocycles. The first kappa shape index (κ1) is 11.1. The van der Waals surface area contributed by atoms with Crippen LogP contribution < -0.4 is 0 Å². The Balaban J connectivity index is 2.14. The quantitative estimate of drug-likeness (QED) is 0.797. The van der Waals surface area contributed by atoms with Gasteiger partial charge in [0.25, 0.3) is 0 Å². The number of allylic oxidation sites excluding steroid dienone is 1. The van der Waals surface area contributed by atoms with Crippen molar-refractivity contribution in [1.82, 2.24) is 0 Å². The number of benzene rings is 1. The fraction of sp³-hybridized carbons (Fsp3) is 0.250. The highest BCUT2D eigenvalue weighted by Gasteiger charge is 2.22. The van der Waals surface area contributed by atoms with Gasteiger partial charge in [0.05, 0.1) is 0 Å². The lowest BCUT2D eigenvalue weighted by molar-refractivity contribution is 0.474. The van der Waals surface area contributed by atoms with E-state index in [1.54, 1.807) is 12.1 Å². The van der Waals surface area contributed by atoms with Crippen LogP contribution in [0.5, 0.6) is 5.75 Å². The van der Waals surface area contributed by atoms with Gasteiger partial charge >= 0.3 is 0 Å². The summed E-state index contributed by atoms with van der Waals surface area (Å²) < 4.78 is 6.04. The monoisotopic (exact) mass is 240 g/mol. The molecule has 2 heteroatoms. The Morgan fingerprint density at radius 1 is 1.22 bits per heavy atom. The molecule has 92 valence electrons. The summed E-state index contributed by atoms with van der Waals surface area (Å²) in [4.78, 5) is 0. The predicted molar refractivity (Wildman–Crippen MR) is 72.6 cm³/mol.